The number of nitrogens with zero attached hydrogens (tertiary/aromatic N) is 5. The Balaban J connectivity index is 1.38. The first-order valence-corrected chi connectivity index (χ1v) is 11.7. The number of fused-ring (bicyclic) bond motifs is 2. The van der Waals surface area contributed by atoms with Gasteiger partial charge in [-0.3, -0.25) is 4.79 Å². The summed E-state index contributed by atoms with van der Waals surface area (Å²) in [7, 11) is 0. The second-order valence-electron chi connectivity index (χ2n) is 8.87. The van der Waals surface area contributed by atoms with Gasteiger partial charge in [0.15, 0.2) is 11.6 Å². The summed E-state index contributed by atoms with van der Waals surface area (Å²) in [5.74, 6) is 2.12. The maximum atomic E-state index is 13.6. The van der Waals surface area contributed by atoms with E-state index in [2.05, 4.69) is 30.2 Å². The van der Waals surface area contributed by atoms with Crippen molar-refractivity contribution in [3.63, 3.8) is 0 Å². The normalized spacial score (nSPS) is 13.5. The van der Waals surface area contributed by atoms with Crippen molar-refractivity contribution >= 4 is 22.7 Å². The molecule has 6 rings (SSSR count). The minimum absolute atomic E-state index is 0.281. The zero-order valence-electron chi connectivity index (χ0n) is 19.5. The maximum absolute atomic E-state index is 13.6. The highest BCUT2D eigenvalue weighted by Gasteiger charge is 2.22. The number of aryl methyl sites for hydroxylation is 3. The predicted octanol–water partition coefficient (Wildman–Crippen LogP) is 5.34. The van der Waals surface area contributed by atoms with Gasteiger partial charge in [0.05, 0.1) is 22.9 Å². The fourth-order valence-corrected chi connectivity index (χ4v) is 4.61. The van der Waals surface area contributed by atoms with Crippen LogP contribution in [0.2, 0.25) is 0 Å². The first-order chi connectivity index (χ1) is 17.1. The molecule has 0 bridgehead atoms. The molecule has 1 aliphatic rings. The standard InChI is InChI=1S/C26H24N6O3/c1-15-9-10-17(24-30-29-22-8-4-3-5-11-32(22)24)13-19(15)27-25(33)18-14-20(21-7-6-12-34-21)28-26-23(18)16(2)31-35-26/h6-7,9-10,12-14H,3-5,8,11H2,1-2H3,(H,27,33). The molecule has 35 heavy (non-hydrogen) atoms. The zero-order chi connectivity index (χ0) is 23.9. The third-order valence-electron chi connectivity index (χ3n) is 6.49. The number of benzene rings is 1. The van der Waals surface area contributed by atoms with E-state index in [0.717, 1.165) is 48.6 Å². The van der Waals surface area contributed by atoms with Crippen LogP contribution in [-0.2, 0) is 13.0 Å². The van der Waals surface area contributed by atoms with Crippen molar-refractivity contribution in [1.29, 1.82) is 0 Å². The number of anilines is 1. The van der Waals surface area contributed by atoms with E-state index in [4.69, 9.17) is 8.94 Å². The number of carbonyl (C=O) groups is 1. The number of carbonyl (C=O) groups excluding carboxylic acids is 1. The van der Waals surface area contributed by atoms with Crippen LogP contribution in [0.25, 0.3) is 33.9 Å². The number of nitrogens with one attached hydrogen (secondary N) is 1. The fourth-order valence-electron chi connectivity index (χ4n) is 4.61. The van der Waals surface area contributed by atoms with E-state index < -0.39 is 0 Å². The van der Waals surface area contributed by atoms with Gasteiger partial charge in [-0.25, -0.2) is 4.98 Å². The molecule has 0 aliphatic carbocycles. The molecule has 0 fully saturated rings. The van der Waals surface area contributed by atoms with Gasteiger partial charge < -0.3 is 18.8 Å². The third kappa shape index (κ3) is 3.78. The molecule has 5 heterocycles. The van der Waals surface area contributed by atoms with Crippen LogP contribution >= 0.6 is 0 Å². The van der Waals surface area contributed by atoms with Gasteiger partial charge in [0.1, 0.15) is 11.5 Å². The smallest absolute Gasteiger partial charge is 0.259 e. The largest absolute Gasteiger partial charge is 0.463 e. The van der Waals surface area contributed by atoms with E-state index in [-0.39, 0.29) is 11.6 Å². The van der Waals surface area contributed by atoms with Crippen molar-refractivity contribution < 1.29 is 13.7 Å². The van der Waals surface area contributed by atoms with Crippen LogP contribution in [0.5, 0.6) is 0 Å². The monoisotopic (exact) mass is 468 g/mol. The van der Waals surface area contributed by atoms with Crippen LogP contribution < -0.4 is 5.32 Å². The lowest BCUT2D eigenvalue weighted by Crippen LogP contribution is -2.14. The summed E-state index contributed by atoms with van der Waals surface area (Å²) in [6, 6.07) is 11.2. The van der Waals surface area contributed by atoms with Gasteiger partial charge in [0, 0.05) is 24.2 Å². The number of pyridine rings is 1. The molecule has 9 nitrogen and oxygen atoms in total. The summed E-state index contributed by atoms with van der Waals surface area (Å²) in [5.41, 5.74) is 4.37. The number of rotatable bonds is 4. The Labute approximate surface area is 201 Å². The molecule has 1 aliphatic heterocycles. The van der Waals surface area contributed by atoms with Crippen LogP contribution in [0.15, 0.2) is 51.6 Å². The Morgan fingerprint density at radius 2 is 2.00 bits per heavy atom. The molecule has 5 aromatic rings. The molecule has 0 radical (unpaired) electrons. The van der Waals surface area contributed by atoms with Gasteiger partial charge in [-0.2, -0.15) is 0 Å². The second kappa shape index (κ2) is 8.50. The molecular weight excluding hydrogens is 444 g/mol. The molecular formula is C26H24N6O3. The molecule has 0 saturated heterocycles. The lowest BCUT2D eigenvalue weighted by atomic mass is 10.1. The van der Waals surface area contributed by atoms with Crippen molar-refractivity contribution in [3.05, 3.63) is 65.3 Å². The van der Waals surface area contributed by atoms with Crippen LogP contribution in [0.3, 0.4) is 0 Å². The molecule has 1 N–H and O–H groups in total. The number of aromatic nitrogens is 5. The third-order valence-corrected chi connectivity index (χ3v) is 6.49. The van der Waals surface area contributed by atoms with E-state index in [1.165, 1.54) is 6.42 Å². The van der Waals surface area contributed by atoms with Gasteiger partial charge in [-0.05, 0) is 56.5 Å². The Morgan fingerprint density at radius 3 is 2.86 bits per heavy atom. The van der Waals surface area contributed by atoms with E-state index in [1.54, 1.807) is 31.4 Å². The summed E-state index contributed by atoms with van der Waals surface area (Å²) >= 11 is 0. The van der Waals surface area contributed by atoms with Gasteiger partial charge >= 0.3 is 0 Å². The molecule has 0 atom stereocenters. The van der Waals surface area contributed by atoms with Crippen LogP contribution in [-0.4, -0.2) is 30.8 Å². The Bertz CT molecular complexity index is 1550. The fraction of sp³-hybridized carbons (Fsp3) is 0.269. The van der Waals surface area contributed by atoms with Gasteiger partial charge in [-0.1, -0.05) is 23.7 Å². The van der Waals surface area contributed by atoms with Crippen molar-refractivity contribution in [1.82, 2.24) is 24.9 Å². The first-order valence-electron chi connectivity index (χ1n) is 11.7. The zero-order valence-corrected chi connectivity index (χ0v) is 19.5. The summed E-state index contributed by atoms with van der Waals surface area (Å²) in [6.07, 6.45) is 5.95. The average molecular weight is 469 g/mol. The van der Waals surface area contributed by atoms with Crippen LogP contribution in [0.1, 0.15) is 46.7 Å². The SMILES string of the molecule is Cc1ccc(-c2nnc3n2CCCCC3)cc1NC(=O)c1cc(-c2ccco2)nc2onc(C)c12. The quantitative estimate of drug-likeness (QED) is 0.379. The summed E-state index contributed by atoms with van der Waals surface area (Å²) < 4.78 is 13.1. The second-order valence-corrected chi connectivity index (χ2v) is 8.87. The minimum atomic E-state index is -0.281. The highest BCUT2D eigenvalue weighted by Crippen LogP contribution is 2.30. The molecule has 176 valence electrons. The van der Waals surface area contributed by atoms with Gasteiger partial charge in [0.25, 0.3) is 11.6 Å². The van der Waals surface area contributed by atoms with Crippen molar-refractivity contribution in [2.24, 2.45) is 0 Å². The molecule has 0 spiro atoms. The number of amides is 1. The summed E-state index contributed by atoms with van der Waals surface area (Å²) in [5, 5.41) is 16.6. The highest BCUT2D eigenvalue weighted by molar-refractivity contribution is 6.13. The van der Waals surface area contributed by atoms with E-state index in [0.29, 0.717) is 33.8 Å². The molecule has 0 saturated carbocycles. The van der Waals surface area contributed by atoms with Gasteiger partial charge in [0.2, 0.25) is 0 Å². The lowest BCUT2D eigenvalue weighted by molar-refractivity contribution is 0.102. The number of hydrogen-bond donors (Lipinski definition) is 1. The van der Waals surface area contributed by atoms with Gasteiger partial charge in [-0.15, -0.1) is 10.2 Å². The number of furan rings is 1. The molecule has 0 unspecified atom stereocenters. The van der Waals surface area contributed by atoms with E-state index in [1.807, 2.05) is 25.1 Å². The van der Waals surface area contributed by atoms with Crippen molar-refractivity contribution in [2.45, 2.75) is 46.1 Å². The Morgan fingerprint density at radius 1 is 1.09 bits per heavy atom. The Hall–Kier alpha value is -4.27. The average Bonchev–Trinajstić information content (AvgIpc) is 3.58. The summed E-state index contributed by atoms with van der Waals surface area (Å²) in [4.78, 5) is 18.0. The summed E-state index contributed by atoms with van der Waals surface area (Å²) in [6.45, 7) is 4.66. The van der Waals surface area contributed by atoms with E-state index in [9.17, 15) is 4.79 Å². The Kier molecular flexibility index (Phi) is 5.17. The predicted molar refractivity (Wildman–Crippen MR) is 130 cm³/mol. The molecule has 1 amide bonds. The lowest BCUT2D eigenvalue weighted by Gasteiger charge is -2.12. The van der Waals surface area contributed by atoms with Crippen molar-refractivity contribution in [3.8, 4) is 22.8 Å². The van der Waals surface area contributed by atoms with Crippen LogP contribution in [0.4, 0.5) is 5.69 Å². The molecule has 4 aromatic heterocycles. The molecule has 1 aromatic carbocycles. The number of hydrogen-bond acceptors (Lipinski definition) is 7. The van der Waals surface area contributed by atoms with Crippen LogP contribution in [0, 0.1) is 13.8 Å². The maximum Gasteiger partial charge on any atom is 0.259 e. The minimum Gasteiger partial charge on any atom is -0.463 e. The molecule has 9 heteroatoms. The first kappa shape index (κ1) is 21.3. The van der Waals surface area contributed by atoms with E-state index >= 15 is 0 Å². The highest BCUT2D eigenvalue weighted by atomic mass is 16.5. The van der Waals surface area contributed by atoms with Crippen molar-refractivity contribution in [2.75, 3.05) is 5.32 Å². The topological polar surface area (TPSA) is 112 Å².